The minimum Gasteiger partial charge on any atom is -0.444 e. The molecule has 1 saturated heterocycles. The maximum atomic E-state index is 14.7. The van der Waals surface area contributed by atoms with Crippen molar-refractivity contribution in [2.24, 2.45) is 0 Å². The molecular formula is C29H27ClFN3O2. The highest BCUT2D eigenvalue weighted by Crippen LogP contribution is 2.50. The van der Waals surface area contributed by atoms with Gasteiger partial charge in [0.15, 0.2) is 11.5 Å². The summed E-state index contributed by atoms with van der Waals surface area (Å²) in [7, 11) is 0. The monoisotopic (exact) mass is 503 g/mol. The van der Waals surface area contributed by atoms with Crippen LogP contribution in [0.4, 0.5) is 4.39 Å². The molecule has 1 aromatic heterocycles. The predicted molar refractivity (Wildman–Crippen MR) is 135 cm³/mol. The highest BCUT2D eigenvalue weighted by molar-refractivity contribution is 6.30. The number of ether oxygens (including phenoxy) is 2. The molecule has 1 saturated carbocycles. The average Bonchev–Trinajstić information content (AvgIpc) is 3.65. The lowest BCUT2D eigenvalue weighted by Crippen LogP contribution is -2.34. The number of hydrogen-bond acceptors (Lipinski definition) is 5. The second kappa shape index (κ2) is 9.06. The molecule has 0 amide bonds. The van der Waals surface area contributed by atoms with Crippen molar-refractivity contribution < 1.29 is 13.9 Å². The van der Waals surface area contributed by atoms with E-state index in [0.29, 0.717) is 39.5 Å². The largest absolute Gasteiger partial charge is 0.444 e. The zero-order valence-corrected chi connectivity index (χ0v) is 20.9. The molecule has 1 atom stereocenters. The average molecular weight is 504 g/mol. The molecule has 2 aromatic carbocycles. The van der Waals surface area contributed by atoms with Gasteiger partial charge in [-0.25, -0.2) is 4.39 Å². The number of nitriles is 1. The van der Waals surface area contributed by atoms with Crippen molar-refractivity contribution >= 4 is 11.6 Å². The Kier molecular flexibility index (Phi) is 5.86. The van der Waals surface area contributed by atoms with Gasteiger partial charge in [-0.2, -0.15) is 5.26 Å². The van der Waals surface area contributed by atoms with Gasteiger partial charge < -0.3 is 9.47 Å². The summed E-state index contributed by atoms with van der Waals surface area (Å²) >= 11 is 5.95. The SMILES string of the molecule is CC1(c2ccc(Cl)cc2F)Oc2cccc(C3CCN(Cc4ncc(C#N)cc4C4CC4)CC3)c2O1. The molecule has 36 heavy (non-hydrogen) atoms. The number of likely N-dealkylation sites (tertiary alicyclic amines) is 1. The van der Waals surface area contributed by atoms with Gasteiger partial charge in [0.25, 0.3) is 5.79 Å². The molecule has 3 heterocycles. The standard InChI is InChI=1S/C29H27ClFN3O2/c1-29(24-8-7-21(30)14-25(24)31)35-27-4-2-3-22(28(27)36-29)20-9-11-34(12-10-20)17-26-23(19-5-6-19)13-18(15-32)16-33-26/h2-4,7-8,13-14,16,19-20H,5-6,9-12,17H2,1H3. The highest BCUT2D eigenvalue weighted by atomic mass is 35.5. The van der Waals surface area contributed by atoms with Gasteiger partial charge in [0, 0.05) is 30.3 Å². The Morgan fingerprint density at radius 2 is 1.86 bits per heavy atom. The van der Waals surface area contributed by atoms with Crippen molar-refractivity contribution in [1.82, 2.24) is 9.88 Å². The molecule has 2 aliphatic heterocycles. The number of para-hydroxylation sites is 1. The van der Waals surface area contributed by atoms with Gasteiger partial charge in [-0.15, -0.1) is 0 Å². The van der Waals surface area contributed by atoms with Crippen LogP contribution in [-0.4, -0.2) is 23.0 Å². The topological polar surface area (TPSA) is 58.4 Å². The Labute approximate surface area is 215 Å². The van der Waals surface area contributed by atoms with Crippen molar-refractivity contribution in [1.29, 1.82) is 5.26 Å². The Bertz CT molecular complexity index is 1360. The lowest BCUT2D eigenvalue weighted by Gasteiger charge is -2.33. The lowest BCUT2D eigenvalue weighted by molar-refractivity contribution is -0.0712. The fraction of sp³-hybridized carbons (Fsp3) is 0.379. The van der Waals surface area contributed by atoms with E-state index in [-0.39, 0.29) is 0 Å². The molecule has 5 nitrogen and oxygen atoms in total. The summed E-state index contributed by atoms with van der Waals surface area (Å²) in [5, 5.41) is 9.60. The number of rotatable bonds is 5. The van der Waals surface area contributed by atoms with E-state index < -0.39 is 11.6 Å². The fourth-order valence-electron chi connectivity index (χ4n) is 5.50. The van der Waals surface area contributed by atoms with Crippen LogP contribution in [0.5, 0.6) is 11.5 Å². The molecular weight excluding hydrogens is 477 g/mol. The lowest BCUT2D eigenvalue weighted by atomic mass is 9.88. The number of pyridine rings is 1. The molecule has 6 rings (SSSR count). The quantitative estimate of drug-likeness (QED) is 0.390. The van der Waals surface area contributed by atoms with Gasteiger partial charge in [-0.05, 0) is 86.5 Å². The molecule has 184 valence electrons. The summed E-state index contributed by atoms with van der Waals surface area (Å²) < 4.78 is 27.2. The van der Waals surface area contributed by atoms with E-state index in [1.807, 2.05) is 18.2 Å². The maximum Gasteiger partial charge on any atom is 0.278 e. The van der Waals surface area contributed by atoms with Crippen LogP contribution < -0.4 is 9.47 Å². The van der Waals surface area contributed by atoms with Gasteiger partial charge in [0.05, 0.1) is 16.8 Å². The van der Waals surface area contributed by atoms with E-state index in [4.69, 9.17) is 21.1 Å². The number of halogens is 2. The smallest absolute Gasteiger partial charge is 0.278 e. The van der Waals surface area contributed by atoms with Gasteiger partial charge in [-0.1, -0.05) is 23.7 Å². The second-order valence-corrected chi connectivity index (χ2v) is 10.6. The molecule has 2 fully saturated rings. The Morgan fingerprint density at radius 1 is 1.08 bits per heavy atom. The molecule has 3 aromatic rings. The first-order valence-electron chi connectivity index (χ1n) is 12.5. The number of fused-ring (bicyclic) bond motifs is 1. The first-order chi connectivity index (χ1) is 17.4. The Morgan fingerprint density at radius 3 is 2.58 bits per heavy atom. The molecule has 0 bridgehead atoms. The van der Waals surface area contributed by atoms with Crippen molar-refractivity contribution in [3.05, 3.63) is 87.4 Å². The summed E-state index contributed by atoms with van der Waals surface area (Å²) in [5.41, 5.74) is 4.43. The van der Waals surface area contributed by atoms with E-state index in [9.17, 15) is 9.65 Å². The number of hydrogen-bond donors (Lipinski definition) is 0. The van der Waals surface area contributed by atoms with Gasteiger partial charge in [0.1, 0.15) is 11.9 Å². The van der Waals surface area contributed by atoms with Crippen LogP contribution in [0.3, 0.4) is 0 Å². The number of aromatic nitrogens is 1. The summed E-state index contributed by atoms with van der Waals surface area (Å²) in [5.74, 6) is 0.542. The Balaban J connectivity index is 1.16. The van der Waals surface area contributed by atoms with E-state index in [2.05, 4.69) is 22.0 Å². The van der Waals surface area contributed by atoms with Crippen LogP contribution in [0.15, 0.2) is 48.7 Å². The third-order valence-corrected chi connectivity index (χ3v) is 7.82. The zero-order chi connectivity index (χ0) is 24.9. The minimum absolute atomic E-state index is 0.324. The first kappa shape index (κ1) is 23.3. The van der Waals surface area contributed by atoms with E-state index in [0.717, 1.165) is 43.7 Å². The van der Waals surface area contributed by atoms with Crippen LogP contribution in [0, 0.1) is 17.1 Å². The van der Waals surface area contributed by atoms with E-state index >= 15 is 0 Å². The van der Waals surface area contributed by atoms with Crippen molar-refractivity contribution in [3.8, 4) is 17.6 Å². The van der Waals surface area contributed by atoms with Crippen molar-refractivity contribution in [3.63, 3.8) is 0 Å². The normalized spacial score (nSPS) is 21.9. The van der Waals surface area contributed by atoms with Crippen LogP contribution in [0.1, 0.15) is 72.4 Å². The molecule has 7 heteroatoms. The first-order valence-corrected chi connectivity index (χ1v) is 12.9. The summed E-state index contributed by atoms with van der Waals surface area (Å²) in [6, 6.07) is 14.8. The molecule has 3 aliphatic rings. The van der Waals surface area contributed by atoms with E-state index in [1.54, 1.807) is 25.3 Å². The molecule has 1 aliphatic carbocycles. The highest BCUT2D eigenvalue weighted by Gasteiger charge is 2.43. The van der Waals surface area contributed by atoms with Gasteiger partial charge >= 0.3 is 0 Å². The molecule has 1 unspecified atom stereocenters. The molecule has 0 N–H and O–H groups in total. The van der Waals surface area contributed by atoms with Crippen LogP contribution >= 0.6 is 11.6 Å². The Hall–Kier alpha value is -3.14. The summed E-state index contributed by atoms with van der Waals surface area (Å²) in [6.45, 7) is 4.45. The number of nitrogens with zero attached hydrogens (tertiary/aromatic N) is 3. The third-order valence-electron chi connectivity index (χ3n) is 7.58. The summed E-state index contributed by atoms with van der Waals surface area (Å²) in [6.07, 6.45) is 6.04. The zero-order valence-electron chi connectivity index (χ0n) is 20.1. The third kappa shape index (κ3) is 4.31. The number of benzene rings is 2. The van der Waals surface area contributed by atoms with Crippen LogP contribution in [0.2, 0.25) is 5.02 Å². The van der Waals surface area contributed by atoms with Gasteiger partial charge in [-0.3, -0.25) is 9.88 Å². The fourth-order valence-corrected chi connectivity index (χ4v) is 5.66. The van der Waals surface area contributed by atoms with Gasteiger partial charge in [0.2, 0.25) is 0 Å². The second-order valence-electron chi connectivity index (χ2n) is 10.1. The van der Waals surface area contributed by atoms with Crippen LogP contribution in [-0.2, 0) is 12.3 Å². The molecule has 0 spiro atoms. The van der Waals surface area contributed by atoms with Crippen molar-refractivity contribution in [2.45, 2.75) is 56.8 Å². The molecule has 0 radical (unpaired) electrons. The van der Waals surface area contributed by atoms with Crippen molar-refractivity contribution in [2.75, 3.05) is 13.1 Å². The van der Waals surface area contributed by atoms with Crippen LogP contribution in [0.25, 0.3) is 0 Å². The predicted octanol–water partition coefficient (Wildman–Crippen LogP) is 6.65. The summed E-state index contributed by atoms with van der Waals surface area (Å²) in [4.78, 5) is 7.10. The number of piperidine rings is 1. The minimum atomic E-state index is -1.24. The van der Waals surface area contributed by atoms with E-state index in [1.165, 1.54) is 24.5 Å². The maximum absolute atomic E-state index is 14.7.